The van der Waals surface area contributed by atoms with E-state index in [9.17, 15) is 4.79 Å². The van der Waals surface area contributed by atoms with Gasteiger partial charge in [-0.25, -0.2) is 0 Å². The van der Waals surface area contributed by atoms with Gasteiger partial charge in [0, 0.05) is 37.9 Å². The van der Waals surface area contributed by atoms with Crippen LogP contribution < -0.4 is 0 Å². The Hall–Kier alpha value is -2.17. The molecule has 0 unspecified atom stereocenters. The first-order chi connectivity index (χ1) is 12.3. The average molecular weight is 338 g/mol. The molecule has 0 bridgehead atoms. The first-order valence-electron chi connectivity index (χ1n) is 9.49. The van der Waals surface area contributed by atoms with Crippen LogP contribution in [0.4, 0.5) is 0 Å². The lowest BCUT2D eigenvalue weighted by Gasteiger charge is -2.39. The Labute approximate surface area is 149 Å². The second-order valence-electron chi connectivity index (χ2n) is 7.45. The topological polar surface area (TPSA) is 51.0 Å². The summed E-state index contributed by atoms with van der Waals surface area (Å²) in [7, 11) is 0. The van der Waals surface area contributed by atoms with Gasteiger partial charge in [0.15, 0.2) is 0 Å². The molecular formula is C20H26N4O. The Bertz CT molecular complexity index is 699. The van der Waals surface area contributed by atoms with Crippen LogP contribution in [0.1, 0.15) is 49.5 Å². The summed E-state index contributed by atoms with van der Waals surface area (Å²) in [4.78, 5) is 14.3. The number of amides is 1. The average Bonchev–Trinajstić information content (AvgIpc) is 3.27. The van der Waals surface area contributed by atoms with Crippen LogP contribution in [0, 0.1) is 5.92 Å². The third kappa shape index (κ3) is 3.75. The van der Waals surface area contributed by atoms with Crippen LogP contribution >= 0.6 is 0 Å². The van der Waals surface area contributed by atoms with E-state index in [1.54, 1.807) is 0 Å². The van der Waals surface area contributed by atoms with Gasteiger partial charge in [-0.15, -0.1) is 10.2 Å². The maximum Gasteiger partial charge on any atom is 0.222 e. The molecule has 25 heavy (non-hydrogen) atoms. The molecule has 1 saturated carbocycles. The van der Waals surface area contributed by atoms with Crippen LogP contribution in [0.5, 0.6) is 0 Å². The SMILES string of the molecule is O=C(CCc1ccccc1)N1CC(Cc2nncn2C2CCCC2)C1. The van der Waals surface area contributed by atoms with Crippen molar-refractivity contribution in [2.75, 3.05) is 13.1 Å². The molecule has 0 atom stereocenters. The van der Waals surface area contributed by atoms with Crippen LogP contribution in [0.15, 0.2) is 36.7 Å². The van der Waals surface area contributed by atoms with Crippen molar-refractivity contribution < 1.29 is 4.79 Å². The summed E-state index contributed by atoms with van der Waals surface area (Å²) in [6, 6.07) is 10.8. The number of rotatable bonds is 6. The quantitative estimate of drug-likeness (QED) is 0.813. The van der Waals surface area contributed by atoms with Gasteiger partial charge in [-0.3, -0.25) is 4.79 Å². The third-order valence-electron chi connectivity index (χ3n) is 5.62. The minimum atomic E-state index is 0.275. The number of benzene rings is 1. The molecule has 132 valence electrons. The summed E-state index contributed by atoms with van der Waals surface area (Å²) in [6.45, 7) is 1.73. The van der Waals surface area contributed by atoms with Gasteiger partial charge in [0.1, 0.15) is 12.2 Å². The fraction of sp³-hybridized carbons (Fsp3) is 0.550. The zero-order chi connectivity index (χ0) is 17.1. The molecule has 2 heterocycles. The van der Waals surface area contributed by atoms with E-state index >= 15 is 0 Å². The lowest BCUT2D eigenvalue weighted by molar-refractivity contribution is -0.137. The van der Waals surface area contributed by atoms with Crippen molar-refractivity contribution in [3.8, 4) is 0 Å². The molecule has 5 heteroatoms. The second-order valence-corrected chi connectivity index (χ2v) is 7.45. The Balaban J connectivity index is 1.24. The van der Waals surface area contributed by atoms with Crippen molar-refractivity contribution >= 4 is 5.91 Å². The molecule has 1 amide bonds. The highest BCUT2D eigenvalue weighted by atomic mass is 16.2. The molecule has 0 spiro atoms. The van der Waals surface area contributed by atoms with Gasteiger partial charge in [0.25, 0.3) is 0 Å². The summed E-state index contributed by atoms with van der Waals surface area (Å²) >= 11 is 0. The first kappa shape index (κ1) is 16.3. The predicted molar refractivity (Wildman–Crippen MR) is 96.1 cm³/mol. The Morgan fingerprint density at radius 1 is 1.12 bits per heavy atom. The minimum Gasteiger partial charge on any atom is -0.342 e. The molecule has 1 aliphatic carbocycles. The lowest BCUT2D eigenvalue weighted by Crippen LogP contribution is -2.51. The molecule has 0 radical (unpaired) electrons. The zero-order valence-corrected chi connectivity index (χ0v) is 14.7. The van der Waals surface area contributed by atoms with Crippen LogP contribution in [-0.4, -0.2) is 38.7 Å². The zero-order valence-electron chi connectivity index (χ0n) is 14.7. The van der Waals surface area contributed by atoms with Crippen molar-refractivity contribution in [2.45, 2.75) is 51.0 Å². The van der Waals surface area contributed by atoms with Gasteiger partial charge in [-0.2, -0.15) is 0 Å². The van der Waals surface area contributed by atoms with E-state index in [1.165, 1.54) is 31.2 Å². The van der Waals surface area contributed by atoms with E-state index in [-0.39, 0.29) is 5.91 Å². The van der Waals surface area contributed by atoms with E-state index in [0.29, 0.717) is 18.4 Å². The third-order valence-corrected chi connectivity index (χ3v) is 5.62. The van der Waals surface area contributed by atoms with E-state index < -0.39 is 0 Å². The molecule has 1 saturated heterocycles. The standard InChI is InChI=1S/C20H26N4O/c25-20(11-10-16-6-2-1-3-7-16)23-13-17(14-23)12-19-22-21-15-24(19)18-8-4-5-9-18/h1-3,6-7,15,17-18H,4-5,8-14H2. The fourth-order valence-corrected chi connectivity index (χ4v) is 4.11. The van der Waals surface area contributed by atoms with Gasteiger partial charge >= 0.3 is 0 Å². The summed E-state index contributed by atoms with van der Waals surface area (Å²) in [5.74, 6) is 1.91. The highest BCUT2D eigenvalue weighted by Crippen LogP contribution is 2.31. The summed E-state index contributed by atoms with van der Waals surface area (Å²) in [5, 5.41) is 8.47. The van der Waals surface area contributed by atoms with E-state index in [0.717, 1.165) is 31.8 Å². The number of carbonyl (C=O) groups excluding carboxylic acids is 1. The lowest BCUT2D eigenvalue weighted by atomic mass is 9.95. The smallest absolute Gasteiger partial charge is 0.222 e. The monoisotopic (exact) mass is 338 g/mol. The van der Waals surface area contributed by atoms with Crippen LogP contribution in [0.3, 0.4) is 0 Å². The number of hydrogen-bond acceptors (Lipinski definition) is 3. The Morgan fingerprint density at radius 3 is 2.64 bits per heavy atom. The summed E-state index contributed by atoms with van der Waals surface area (Å²) in [5.41, 5.74) is 1.23. The number of hydrogen-bond donors (Lipinski definition) is 0. The molecule has 4 rings (SSSR count). The van der Waals surface area contributed by atoms with Gasteiger partial charge < -0.3 is 9.47 Å². The predicted octanol–water partition coefficient (Wildman–Crippen LogP) is 3.03. The number of likely N-dealkylation sites (tertiary alicyclic amines) is 1. The van der Waals surface area contributed by atoms with E-state index in [1.807, 2.05) is 29.4 Å². The van der Waals surface area contributed by atoms with E-state index in [4.69, 9.17) is 0 Å². The number of aromatic nitrogens is 3. The summed E-state index contributed by atoms with van der Waals surface area (Å²) in [6.07, 6.45) is 9.40. The van der Waals surface area contributed by atoms with Crippen LogP contribution in [0.2, 0.25) is 0 Å². The number of aryl methyl sites for hydroxylation is 1. The number of nitrogens with zero attached hydrogens (tertiary/aromatic N) is 4. The molecule has 2 aliphatic rings. The maximum atomic E-state index is 12.3. The van der Waals surface area contributed by atoms with Crippen molar-refractivity contribution in [1.29, 1.82) is 0 Å². The molecule has 2 fully saturated rings. The highest BCUT2D eigenvalue weighted by molar-refractivity contribution is 5.77. The van der Waals surface area contributed by atoms with Gasteiger partial charge in [0.05, 0.1) is 0 Å². The maximum absolute atomic E-state index is 12.3. The van der Waals surface area contributed by atoms with Crippen molar-refractivity contribution in [3.05, 3.63) is 48.0 Å². The molecule has 0 N–H and O–H groups in total. The molecule has 2 aromatic rings. The fourth-order valence-electron chi connectivity index (χ4n) is 4.11. The molecule has 1 aromatic heterocycles. The Kier molecular flexibility index (Phi) is 4.81. The largest absolute Gasteiger partial charge is 0.342 e. The normalized spacial score (nSPS) is 18.5. The minimum absolute atomic E-state index is 0.275. The Morgan fingerprint density at radius 2 is 1.88 bits per heavy atom. The van der Waals surface area contributed by atoms with Crippen molar-refractivity contribution in [2.24, 2.45) is 5.92 Å². The van der Waals surface area contributed by atoms with Gasteiger partial charge in [0.2, 0.25) is 5.91 Å². The highest BCUT2D eigenvalue weighted by Gasteiger charge is 2.32. The van der Waals surface area contributed by atoms with Gasteiger partial charge in [-0.1, -0.05) is 43.2 Å². The molecule has 1 aliphatic heterocycles. The van der Waals surface area contributed by atoms with Crippen LogP contribution in [0.25, 0.3) is 0 Å². The van der Waals surface area contributed by atoms with Gasteiger partial charge in [-0.05, 0) is 24.8 Å². The molecule has 1 aromatic carbocycles. The van der Waals surface area contributed by atoms with Crippen molar-refractivity contribution in [3.63, 3.8) is 0 Å². The first-order valence-corrected chi connectivity index (χ1v) is 9.49. The number of carbonyl (C=O) groups is 1. The summed E-state index contributed by atoms with van der Waals surface area (Å²) < 4.78 is 2.28. The van der Waals surface area contributed by atoms with Crippen molar-refractivity contribution in [1.82, 2.24) is 19.7 Å². The second kappa shape index (κ2) is 7.38. The molecular weight excluding hydrogens is 312 g/mol. The van der Waals surface area contributed by atoms with Crippen LogP contribution in [-0.2, 0) is 17.6 Å². The van der Waals surface area contributed by atoms with E-state index in [2.05, 4.69) is 26.9 Å². The molecule has 5 nitrogen and oxygen atoms in total.